The van der Waals surface area contributed by atoms with Gasteiger partial charge in [-0.15, -0.1) is 0 Å². The summed E-state index contributed by atoms with van der Waals surface area (Å²) in [6.07, 6.45) is 0.821. The number of nitrogens with two attached hydrogens (primary N) is 1. The fourth-order valence-corrected chi connectivity index (χ4v) is 2.42. The molecule has 0 spiro atoms. The van der Waals surface area contributed by atoms with E-state index in [1.54, 1.807) is 17.0 Å². The van der Waals surface area contributed by atoms with E-state index in [0.29, 0.717) is 12.1 Å². The number of carbonyl (C=O) groups is 2. The first-order valence-corrected chi connectivity index (χ1v) is 7.08. The number of nitrogens with zero attached hydrogens (tertiary/aromatic N) is 2. The number of hydrogen-bond donors (Lipinski definition) is 1. The molecule has 2 amide bonds. The van der Waals surface area contributed by atoms with Gasteiger partial charge in [-0.1, -0.05) is 19.1 Å². The first-order valence-electron chi connectivity index (χ1n) is 7.08. The molecule has 1 atom stereocenters. The molecule has 2 rings (SSSR count). The van der Waals surface area contributed by atoms with Crippen molar-refractivity contribution in [3.05, 3.63) is 35.6 Å². The van der Waals surface area contributed by atoms with Crippen LogP contribution >= 0.6 is 0 Å². The van der Waals surface area contributed by atoms with E-state index in [1.165, 1.54) is 17.0 Å². The lowest BCUT2D eigenvalue weighted by molar-refractivity contribution is -0.150. The van der Waals surface area contributed by atoms with Gasteiger partial charge in [-0.3, -0.25) is 9.59 Å². The lowest BCUT2D eigenvalue weighted by Gasteiger charge is -2.35. The van der Waals surface area contributed by atoms with Crippen molar-refractivity contribution in [3.63, 3.8) is 0 Å². The van der Waals surface area contributed by atoms with E-state index in [9.17, 15) is 14.0 Å². The van der Waals surface area contributed by atoms with Gasteiger partial charge in [0.2, 0.25) is 11.8 Å². The third kappa shape index (κ3) is 3.78. The van der Waals surface area contributed by atoms with Crippen molar-refractivity contribution in [3.8, 4) is 0 Å². The normalized spacial score (nSPS) is 17.3. The standard InChI is InChI=1S/C15H20FN3O2/c1-2-6-18-9-15(21)19(10-14(18)20)8-13(17)11-4-3-5-12(16)7-11/h3-5,7,13H,2,6,8-10,17H2,1H3. The van der Waals surface area contributed by atoms with E-state index in [1.807, 2.05) is 6.92 Å². The van der Waals surface area contributed by atoms with Crippen LogP contribution in [0.1, 0.15) is 24.9 Å². The summed E-state index contributed by atoms with van der Waals surface area (Å²) in [5.74, 6) is -0.545. The van der Waals surface area contributed by atoms with Crippen molar-refractivity contribution in [2.45, 2.75) is 19.4 Å². The summed E-state index contributed by atoms with van der Waals surface area (Å²) in [5.41, 5.74) is 6.63. The molecule has 0 radical (unpaired) electrons. The van der Waals surface area contributed by atoms with E-state index in [-0.39, 0.29) is 37.3 Å². The Morgan fingerprint density at radius 1 is 1.24 bits per heavy atom. The van der Waals surface area contributed by atoms with Crippen molar-refractivity contribution < 1.29 is 14.0 Å². The third-order valence-electron chi connectivity index (χ3n) is 3.55. The smallest absolute Gasteiger partial charge is 0.242 e. The quantitative estimate of drug-likeness (QED) is 0.877. The van der Waals surface area contributed by atoms with Crippen LogP contribution in [0.4, 0.5) is 4.39 Å². The molecule has 114 valence electrons. The predicted octanol–water partition coefficient (Wildman–Crippen LogP) is 0.906. The van der Waals surface area contributed by atoms with Crippen LogP contribution in [0.5, 0.6) is 0 Å². The maximum Gasteiger partial charge on any atom is 0.242 e. The number of halogens is 1. The van der Waals surface area contributed by atoms with E-state index in [0.717, 1.165) is 6.42 Å². The molecule has 5 nitrogen and oxygen atoms in total. The maximum atomic E-state index is 13.2. The number of benzene rings is 1. The van der Waals surface area contributed by atoms with E-state index in [4.69, 9.17) is 5.73 Å². The first-order chi connectivity index (χ1) is 10.0. The summed E-state index contributed by atoms with van der Waals surface area (Å²) in [4.78, 5) is 27.0. The largest absolute Gasteiger partial charge is 0.332 e. The van der Waals surface area contributed by atoms with E-state index in [2.05, 4.69) is 0 Å². The highest BCUT2D eigenvalue weighted by molar-refractivity contribution is 5.92. The summed E-state index contributed by atoms with van der Waals surface area (Å²) in [6.45, 7) is 2.91. The van der Waals surface area contributed by atoms with Gasteiger partial charge in [0.25, 0.3) is 0 Å². The van der Waals surface area contributed by atoms with Gasteiger partial charge in [0.1, 0.15) is 5.82 Å². The molecule has 0 aromatic heterocycles. The second-order valence-electron chi connectivity index (χ2n) is 5.25. The molecule has 1 aliphatic heterocycles. The fraction of sp³-hybridized carbons (Fsp3) is 0.467. The van der Waals surface area contributed by atoms with Gasteiger partial charge >= 0.3 is 0 Å². The number of hydrogen-bond acceptors (Lipinski definition) is 3. The molecule has 0 bridgehead atoms. The predicted molar refractivity (Wildman–Crippen MR) is 76.8 cm³/mol. The Kier molecular flexibility index (Phi) is 4.90. The van der Waals surface area contributed by atoms with Crippen LogP contribution in [0.2, 0.25) is 0 Å². The molecular weight excluding hydrogens is 273 g/mol. The average molecular weight is 293 g/mol. The van der Waals surface area contributed by atoms with Gasteiger partial charge in [0.05, 0.1) is 13.1 Å². The van der Waals surface area contributed by atoms with Crippen LogP contribution < -0.4 is 5.73 Å². The Balaban J connectivity index is 2.00. The molecule has 0 aliphatic carbocycles. The van der Waals surface area contributed by atoms with E-state index >= 15 is 0 Å². The average Bonchev–Trinajstić information content (AvgIpc) is 2.44. The third-order valence-corrected chi connectivity index (χ3v) is 3.55. The topological polar surface area (TPSA) is 66.6 Å². The minimum Gasteiger partial charge on any atom is -0.332 e. The van der Waals surface area contributed by atoms with Crippen LogP contribution in [-0.2, 0) is 9.59 Å². The molecule has 21 heavy (non-hydrogen) atoms. The first kappa shape index (κ1) is 15.4. The molecule has 1 unspecified atom stereocenters. The zero-order chi connectivity index (χ0) is 15.4. The Morgan fingerprint density at radius 2 is 1.90 bits per heavy atom. The Hall–Kier alpha value is -1.95. The molecule has 2 N–H and O–H groups in total. The molecule has 6 heteroatoms. The lowest BCUT2D eigenvalue weighted by atomic mass is 10.1. The van der Waals surface area contributed by atoms with Crippen LogP contribution in [0, 0.1) is 5.82 Å². The monoisotopic (exact) mass is 293 g/mol. The highest BCUT2D eigenvalue weighted by Crippen LogP contribution is 2.15. The van der Waals surface area contributed by atoms with Gasteiger partial charge in [-0.25, -0.2) is 4.39 Å². The molecule has 1 aliphatic rings. The van der Waals surface area contributed by atoms with Gasteiger partial charge in [-0.2, -0.15) is 0 Å². The minimum atomic E-state index is -0.504. The zero-order valence-electron chi connectivity index (χ0n) is 12.1. The molecular formula is C15H20FN3O2. The van der Waals surface area contributed by atoms with E-state index < -0.39 is 6.04 Å². The van der Waals surface area contributed by atoms with Crippen LogP contribution in [-0.4, -0.2) is 47.8 Å². The summed E-state index contributed by atoms with van der Waals surface area (Å²) < 4.78 is 13.2. The fourth-order valence-electron chi connectivity index (χ4n) is 2.42. The Labute approximate surface area is 123 Å². The Morgan fingerprint density at radius 3 is 2.57 bits per heavy atom. The van der Waals surface area contributed by atoms with Crippen molar-refractivity contribution in [1.82, 2.24) is 9.80 Å². The van der Waals surface area contributed by atoms with Gasteiger partial charge < -0.3 is 15.5 Å². The molecule has 1 aromatic carbocycles. The number of rotatable bonds is 5. The summed E-state index contributed by atoms with van der Waals surface area (Å²) in [7, 11) is 0. The SMILES string of the molecule is CCCN1CC(=O)N(CC(N)c2cccc(F)c2)CC1=O. The van der Waals surface area contributed by atoms with Crippen LogP contribution in [0.25, 0.3) is 0 Å². The highest BCUT2D eigenvalue weighted by atomic mass is 19.1. The van der Waals surface area contributed by atoms with Crippen LogP contribution in [0.3, 0.4) is 0 Å². The maximum absolute atomic E-state index is 13.2. The van der Waals surface area contributed by atoms with Crippen molar-refractivity contribution in [2.24, 2.45) is 5.73 Å². The van der Waals surface area contributed by atoms with Crippen molar-refractivity contribution in [1.29, 1.82) is 0 Å². The minimum absolute atomic E-state index is 0.0435. The number of piperazine rings is 1. The Bertz CT molecular complexity index is 535. The summed E-state index contributed by atoms with van der Waals surface area (Å²) >= 11 is 0. The number of carbonyl (C=O) groups excluding carboxylic acids is 2. The number of amides is 2. The van der Waals surface area contributed by atoms with Crippen LogP contribution in [0.15, 0.2) is 24.3 Å². The summed E-state index contributed by atoms with van der Waals surface area (Å²) in [5, 5.41) is 0. The molecule has 1 aromatic rings. The van der Waals surface area contributed by atoms with Gasteiger partial charge in [0.15, 0.2) is 0 Å². The molecule has 1 heterocycles. The highest BCUT2D eigenvalue weighted by Gasteiger charge is 2.30. The van der Waals surface area contributed by atoms with Crippen molar-refractivity contribution >= 4 is 11.8 Å². The lowest BCUT2D eigenvalue weighted by Crippen LogP contribution is -2.55. The van der Waals surface area contributed by atoms with Gasteiger partial charge in [0, 0.05) is 19.1 Å². The second-order valence-corrected chi connectivity index (χ2v) is 5.25. The van der Waals surface area contributed by atoms with Crippen molar-refractivity contribution in [2.75, 3.05) is 26.2 Å². The summed E-state index contributed by atoms with van der Waals surface area (Å²) in [6, 6.07) is 5.48. The molecule has 0 saturated carbocycles. The zero-order valence-corrected chi connectivity index (χ0v) is 12.1. The van der Waals surface area contributed by atoms with Gasteiger partial charge in [-0.05, 0) is 24.1 Å². The molecule has 1 saturated heterocycles. The molecule has 1 fully saturated rings. The second kappa shape index (κ2) is 6.67.